The zero-order valence-corrected chi connectivity index (χ0v) is 13.0. The summed E-state index contributed by atoms with van der Waals surface area (Å²) >= 11 is 3.46. The van der Waals surface area contributed by atoms with Gasteiger partial charge in [-0.2, -0.15) is 0 Å². The number of hydrogen-bond acceptors (Lipinski definition) is 6. The number of hydrogen-bond donors (Lipinski definition) is 1. The van der Waals surface area contributed by atoms with Crippen LogP contribution in [0.2, 0.25) is 0 Å². The Morgan fingerprint density at radius 1 is 1.20 bits per heavy atom. The summed E-state index contributed by atoms with van der Waals surface area (Å²) < 4.78 is 1.12. The Morgan fingerprint density at radius 2 is 2.10 bits per heavy atom. The van der Waals surface area contributed by atoms with Crippen LogP contribution in [0.5, 0.6) is 0 Å². The molecule has 0 unspecified atom stereocenters. The molecule has 0 aliphatic heterocycles. The van der Waals surface area contributed by atoms with E-state index in [1.54, 1.807) is 29.0 Å². The van der Waals surface area contributed by atoms with Crippen LogP contribution in [0, 0.1) is 0 Å². The van der Waals surface area contributed by atoms with Crippen molar-refractivity contribution in [2.75, 3.05) is 26.0 Å². The number of anilines is 1. The molecule has 6 heteroatoms. The first kappa shape index (κ1) is 13.5. The van der Waals surface area contributed by atoms with Gasteiger partial charge in [-0.05, 0) is 37.0 Å². The van der Waals surface area contributed by atoms with Crippen LogP contribution in [0.3, 0.4) is 0 Å². The molecule has 0 aliphatic carbocycles. The van der Waals surface area contributed by atoms with Gasteiger partial charge in [-0.15, -0.1) is 22.7 Å². The smallest absolute Gasteiger partial charge is 0.147 e. The lowest BCUT2D eigenvalue weighted by atomic mass is 10.2. The Labute approximate surface area is 126 Å². The van der Waals surface area contributed by atoms with Gasteiger partial charge in [0.25, 0.3) is 0 Å². The molecule has 0 saturated heterocycles. The summed E-state index contributed by atoms with van der Waals surface area (Å²) in [5.74, 6) is 0.924. The van der Waals surface area contributed by atoms with Gasteiger partial charge in [-0.1, -0.05) is 6.07 Å². The molecule has 0 radical (unpaired) electrons. The first-order valence-corrected chi connectivity index (χ1v) is 8.13. The van der Waals surface area contributed by atoms with Gasteiger partial charge in [-0.3, -0.25) is 0 Å². The fraction of sp³-hybridized carbons (Fsp3) is 0.286. The summed E-state index contributed by atoms with van der Waals surface area (Å²) in [5, 5.41) is 7.64. The monoisotopic (exact) mass is 304 g/mol. The maximum Gasteiger partial charge on any atom is 0.147 e. The summed E-state index contributed by atoms with van der Waals surface area (Å²) in [6.45, 7) is 0.831. The van der Waals surface area contributed by atoms with Crippen LogP contribution in [0.25, 0.3) is 10.2 Å². The van der Waals surface area contributed by atoms with Crippen molar-refractivity contribution < 1.29 is 0 Å². The molecule has 0 saturated carbocycles. The summed E-state index contributed by atoms with van der Waals surface area (Å²) in [6.07, 6.45) is 1.62. The Bertz CT molecular complexity index is 675. The van der Waals surface area contributed by atoms with E-state index in [4.69, 9.17) is 0 Å². The molecule has 0 aromatic carbocycles. The Kier molecular flexibility index (Phi) is 3.95. The number of fused-ring (bicyclic) bond motifs is 1. The van der Waals surface area contributed by atoms with Crippen LogP contribution in [-0.4, -0.2) is 35.5 Å². The molecule has 0 amide bonds. The van der Waals surface area contributed by atoms with Crippen molar-refractivity contribution in [2.45, 2.75) is 6.04 Å². The molecule has 1 atom stereocenters. The van der Waals surface area contributed by atoms with Gasteiger partial charge in [0.05, 0.1) is 16.3 Å². The van der Waals surface area contributed by atoms with E-state index in [1.807, 2.05) is 11.4 Å². The van der Waals surface area contributed by atoms with Crippen LogP contribution in [-0.2, 0) is 0 Å². The minimum Gasteiger partial charge on any atom is -0.367 e. The second-order valence-corrected chi connectivity index (χ2v) is 6.63. The van der Waals surface area contributed by atoms with Crippen LogP contribution >= 0.6 is 22.7 Å². The van der Waals surface area contributed by atoms with Crippen molar-refractivity contribution in [1.82, 2.24) is 14.9 Å². The number of likely N-dealkylation sites (N-methyl/N-ethyl adjacent to an activating group) is 1. The average molecular weight is 304 g/mol. The topological polar surface area (TPSA) is 41.0 Å². The molecule has 3 rings (SSSR count). The van der Waals surface area contributed by atoms with E-state index in [0.717, 1.165) is 22.6 Å². The Balaban J connectivity index is 1.79. The van der Waals surface area contributed by atoms with E-state index in [0.29, 0.717) is 6.04 Å². The minimum absolute atomic E-state index is 0.347. The van der Waals surface area contributed by atoms with Gasteiger partial charge in [0.2, 0.25) is 0 Å². The minimum atomic E-state index is 0.347. The molecule has 3 heterocycles. The van der Waals surface area contributed by atoms with Gasteiger partial charge in [0.1, 0.15) is 12.1 Å². The van der Waals surface area contributed by atoms with Crippen LogP contribution in [0.4, 0.5) is 5.82 Å². The number of rotatable bonds is 5. The van der Waals surface area contributed by atoms with Crippen molar-refractivity contribution in [3.05, 3.63) is 40.2 Å². The zero-order valence-electron chi connectivity index (χ0n) is 11.4. The Morgan fingerprint density at radius 3 is 2.85 bits per heavy atom. The van der Waals surface area contributed by atoms with E-state index in [2.05, 4.69) is 51.8 Å². The third-order valence-corrected chi connectivity index (χ3v) is 5.08. The molecular formula is C14H16N4S2. The Hall–Kier alpha value is -1.50. The van der Waals surface area contributed by atoms with Crippen molar-refractivity contribution >= 4 is 38.7 Å². The molecule has 3 aromatic rings. The molecule has 0 fully saturated rings. The van der Waals surface area contributed by atoms with E-state index in [-0.39, 0.29) is 0 Å². The third-order valence-electron chi connectivity index (χ3n) is 3.20. The standard InChI is InChI=1S/C14H16N4S2/c1-18(2)11(12-4-3-6-19-12)8-15-14-13-10(5-7-20-13)16-9-17-14/h3-7,9,11H,8H2,1-2H3,(H,15,16,17)/t11-/m0/s1. The van der Waals surface area contributed by atoms with Crippen LogP contribution in [0.15, 0.2) is 35.3 Å². The first-order chi connectivity index (χ1) is 9.75. The summed E-state index contributed by atoms with van der Waals surface area (Å²) in [5.41, 5.74) is 1.00. The number of thiophene rings is 2. The van der Waals surface area contributed by atoms with Gasteiger partial charge >= 0.3 is 0 Å². The lowest BCUT2D eigenvalue weighted by molar-refractivity contribution is 0.316. The molecule has 0 bridgehead atoms. The maximum atomic E-state index is 4.36. The SMILES string of the molecule is CN(C)[C@@H](CNc1ncnc2ccsc12)c1cccs1. The van der Waals surface area contributed by atoms with E-state index in [1.165, 1.54) is 4.88 Å². The molecule has 4 nitrogen and oxygen atoms in total. The van der Waals surface area contributed by atoms with Gasteiger partial charge in [0, 0.05) is 11.4 Å². The zero-order chi connectivity index (χ0) is 13.9. The predicted molar refractivity (Wildman–Crippen MR) is 86.7 cm³/mol. The molecule has 0 aliphatic rings. The normalized spacial score (nSPS) is 12.9. The lowest BCUT2D eigenvalue weighted by Gasteiger charge is -2.23. The van der Waals surface area contributed by atoms with Crippen LogP contribution in [0.1, 0.15) is 10.9 Å². The second kappa shape index (κ2) is 5.87. The van der Waals surface area contributed by atoms with E-state index < -0.39 is 0 Å². The molecule has 3 aromatic heterocycles. The van der Waals surface area contributed by atoms with Gasteiger partial charge in [-0.25, -0.2) is 9.97 Å². The first-order valence-electron chi connectivity index (χ1n) is 6.37. The molecule has 1 N–H and O–H groups in total. The summed E-state index contributed by atoms with van der Waals surface area (Å²) in [4.78, 5) is 12.2. The molecular weight excluding hydrogens is 288 g/mol. The van der Waals surface area contributed by atoms with Crippen molar-refractivity contribution in [1.29, 1.82) is 0 Å². The molecule has 20 heavy (non-hydrogen) atoms. The highest BCUT2D eigenvalue weighted by Crippen LogP contribution is 2.27. The largest absolute Gasteiger partial charge is 0.367 e. The van der Waals surface area contributed by atoms with Gasteiger partial charge < -0.3 is 10.2 Å². The van der Waals surface area contributed by atoms with Crippen molar-refractivity contribution in [2.24, 2.45) is 0 Å². The predicted octanol–water partition coefficient (Wildman–Crippen LogP) is 3.47. The average Bonchev–Trinajstić information content (AvgIpc) is 3.09. The fourth-order valence-corrected chi connectivity index (χ4v) is 3.86. The molecule has 104 valence electrons. The van der Waals surface area contributed by atoms with E-state index >= 15 is 0 Å². The molecule has 0 spiro atoms. The third kappa shape index (κ3) is 2.67. The highest BCUT2D eigenvalue weighted by atomic mass is 32.1. The summed E-state index contributed by atoms with van der Waals surface area (Å²) in [6, 6.07) is 6.64. The number of aromatic nitrogens is 2. The van der Waals surface area contributed by atoms with E-state index in [9.17, 15) is 0 Å². The lowest BCUT2D eigenvalue weighted by Crippen LogP contribution is -2.26. The van der Waals surface area contributed by atoms with Crippen molar-refractivity contribution in [3.63, 3.8) is 0 Å². The van der Waals surface area contributed by atoms with Gasteiger partial charge in [0.15, 0.2) is 0 Å². The summed E-state index contributed by atoms with van der Waals surface area (Å²) in [7, 11) is 4.21. The van der Waals surface area contributed by atoms with Crippen LogP contribution < -0.4 is 5.32 Å². The highest BCUT2D eigenvalue weighted by Gasteiger charge is 2.15. The van der Waals surface area contributed by atoms with Crippen molar-refractivity contribution in [3.8, 4) is 0 Å². The maximum absolute atomic E-state index is 4.36. The quantitative estimate of drug-likeness (QED) is 0.783. The fourth-order valence-electron chi connectivity index (χ4n) is 2.13. The number of nitrogens with one attached hydrogen (secondary N) is 1. The number of nitrogens with zero attached hydrogens (tertiary/aromatic N) is 3. The highest BCUT2D eigenvalue weighted by molar-refractivity contribution is 7.17. The second-order valence-electron chi connectivity index (χ2n) is 4.73.